The third-order valence-electron chi connectivity index (χ3n) is 3.14. The fraction of sp³-hybridized carbons (Fsp3) is 0.375. The van der Waals surface area contributed by atoms with E-state index in [1.165, 1.54) is 5.56 Å². The van der Waals surface area contributed by atoms with E-state index >= 15 is 0 Å². The molecular formula is C16H20BrNO3. The minimum absolute atomic E-state index is 0.169. The monoisotopic (exact) mass is 353 g/mol. The lowest BCUT2D eigenvalue weighted by Crippen LogP contribution is -2.32. The molecule has 0 fully saturated rings. The Labute approximate surface area is 133 Å². The van der Waals surface area contributed by atoms with Gasteiger partial charge in [-0.1, -0.05) is 28.1 Å². The third-order valence-corrected chi connectivity index (χ3v) is 3.64. The molecule has 2 unspecified atom stereocenters. The van der Waals surface area contributed by atoms with Crippen molar-refractivity contribution in [1.29, 1.82) is 0 Å². The van der Waals surface area contributed by atoms with Gasteiger partial charge in [-0.05, 0) is 36.8 Å². The van der Waals surface area contributed by atoms with Crippen LogP contribution in [0.4, 0.5) is 0 Å². The molecule has 0 spiro atoms. The number of aliphatic hydroxyl groups excluding tert-OH is 1. The molecule has 2 rings (SSSR count). The van der Waals surface area contributed by atoms with Crippen LogP contribution in [0.3, 0.4) is 0 Å². The highest BCUT2D eigenvalue weighted by Crippen LogP contribution is 2.17. The van der Waals surface area contributed by atoms with Gasteiger partial charge in [0.25, 0.3) is 0 Å². The van der Waals surface area contributed by atoms with Crippen LogP contribution in [0.1, 0.15) is 24.3 Å². The van der Waals surface area contributed by atoms with Gasteiger partial charge in [0.2, 0.25) is 0 Å². The molecule has 2 atom stereocenters. The van der Waals surface area contributed by atoms with Gasteiger partial charge in [0.1, 0.15) is 12.4 Å². The quantitative estimate of drug-likeness (QED) is 0.764. The van der Waals surface area contributed by atoms with Crippen LogP contribution in [-0.4, -0.2) is 24.4 Å². The summed E-state index contributed by atoms with van der Waals surface area (Å²) in [4.78, 5) is 0. The first-order valence-electron chi connectivity index (χ1n) is 6.92. The zero-order chi connectivity index (χ0) is 15.1. The van der Waals surface area contributed by atoms with Gasteiger partial charge in [-0.3, -0.25) is 0 Å². The Bertz CT molecular complexity index is 530. The maximum Gasteiger partial charge on any atom is 0.129 e. The Morgan fingerprint density at radius 3 is 2.90 bits per heavy atom. The summed E-state index contributed by atoms with van der Waals surface area (Å²) in [5.41, 5.74) is 1.17. The maximum absolute atomic E-state index is 9.90. The van der Waals surface area contributed by atoms with Gasteiger partial charge in [-0.25, -0.2) is 0 Å². The Morgan fingerprint density at radius 2 is 2.19 bits per heavy atom. The first-order valence-corrected chi connectivity index (χ1v) is 7.71. The van der Waals surface area contributed by atoms with E-state index in [1.807, 2.05) is 24.3 Å². The smallest absolute Gasteiger partial charge is 0.129 e. The average Bonchev–Trinajstić information content (AvgIpc) is 2.98. The predicted octanol–water partition coefficient (Wildman–Crippen LogP) is 3.27. The lowest BCUT2D eigenvalue weighted by molar-refractivity contribution is 0.0217. The molecule has 0 aliphatic heterocycles. The highest BCUT2D eigenvalue weighted by atomic mass is 79.9. The minimum atomic E-state index is -0.547. The van der Waals surface area contributed by atoms with Crippen LogP contribution in [0.15, 0.2) is 51.6 Å². The Balaban J connectivity index is 1.67. The lowest BCUT2D eigenvalue weighted by atomic mass is 10.1. The largest absolute Gasteiger partial charge is 0.467 e. The highest BCUT2D eigenvalue weighted by molar-refractivity contribution is 9.10. The van der Waals surface area contributed by atoms with Crippen LogP contribution in [0.2, 0.25) is 0 Å². The molecule has 0 bridgehead atoms. The molecule has 0 saturated heterocycles. The number of furan rings is 1. The summed E-state index contributed by atoms with van der Waals surface area (Å²) >= 11 is 3.46. The zero-order valence-corrected chi connectivity index (χ0v) is 13.5. The van der Waals surface area contributed by atoms with Crippen molar-refractivity contribution < 1.29 is 14.3 Å². The van der Waals surface area contributed by atoms with E-state index in [1.54, 1.807) is 6.26 Å². The van der Waals surface area contributed by atoms with Crippen LogP contribution >= 0.6 is 15.9 Å². The van der Waals surface area contributed by atoms with Gasteiger partial charge in [-0.2, -0.15) is 0 Å². The maximum atomic E-state index is 9.90. The second-order valence-corrected chi connectivity index (χ2v) is 5.85. The topological polar surface area (TPSA) is 54.6 Å². The number of benzene rings is 1. The minimum Gasteiger partial charge on any atom is -0.467 e. The van der Waals surface area contributed by atoms with E-state index in [4.69, 9.17) is 9.15 Å². The summed E-state index contributed by atoms with van der Waals surface area (Å²) < 4.78 is 11.6. The van der Waals surface area contributed by atoms with Crippen molar-refractivity contribution in [3.8, 4) is 0 Å². The van der Waals surface area contributed by atoms with E-state index in [0.29, 0.717) is 13.2 Å². The van der Waals surface area contributed by atoms with Crippen molar-refractivity contribution in [2.45, 2.75) is 25.7 Å². The summed E-state index contributed by atoms with van der Waals surface area (Å²) in [6, 6.07) is 12.0. The van der Waals surface area contributed by atoms with Gasteiger partial charge in [0.15, 0.2) is 0 Å². The molecular weight excluding hydrogens is 334 g/mol. The first kappa shape index (κ1) is 16.2. The molecule has 1 heterocycles. The third kappa shape index (κ3) is 5.63. The van der Waals surface area contributed by atoms with E-state index in [-0.39, 0.29) is 12.6 Å². The number of aliphatic hydroxyl groups is 1. The normalized spacial score (nSPS) is 14.0. The fourth-order valence-corrected chi connectivity index (χ4v) is 2.37. The lowest BCUT2D eigenvalue weighted by Gasteiger charge is -2.17. The Hall–Kier alpha value is -1.14. The summed E-state index contributed by atoms with van der Waals surface area (Å²) in [6.07, 6.45) is 1.06. The van der Waals surface area contributed by atoms with E-state index < -0.39 is 6.10 Å². The van der Waals surface area contributed by atoms with Crippen LogP contribution in [0, 0.1) is 0 Å². The van der Waals surface area contributed by atoms with Gasteiger partial charge in [0, 0.05) is 17.1 Å². The number of nitrogens with one attached hydrogen (secondary N) is 1. The highest BCUT2D eigenvalue weighted by Gasteiger charge is 2.09. The SMILES string of the molecule is CC(NCC(O)COCc1ccco1)c1cccc(Br)c1. The Morgan fingerprint density at radius 1 is 1.33 bits per heavy atom. The first-order chi connectivity index (χ1) is 10.1. The van der Waals surface area contributed by atoms with Crippen molar-refractivity contribution in [2.75, 3.05) is 13.2 Å². The van der Waals surface area contributed by atoms with Gasteiger partial charge in [-0.15, -0.1) is 0 Å². The molecule has 2 aromatic rings. The van der Waals surface area contributed by atoms with E-state index in [2.05, 4.69) is 40.3 Å². The van der Waals surface area contributed by atoms with Crippen molar-refractivity contribution in [3.05, 3.63) is 58.5 Å². The molecule has 0 aliphatic rings. The number of hydrogen-bond acceptors (Lipinski definition) is 4. The van der Waals surface area contributed by atoms with Crippen LogP contribution < -0.4 is 5.32 Å². The van der Waals surface area contributed by atoms with Gasteiger partial charge >= 0.3 is 0 Å². The number of ether oxygens (including phenoxy) is 1. The molecule has 5 heteroatoms. The second kappa shape index (κ2) is 8.34. The summed E-state index contributed by atoms with van der Waals surface area (Å²) in [7, 11) is 0. The molecule has 114 valence electrons. The number of rotatable bonds is 8. The van der Waals surface area contributed by atoms with Crippen molar-refractivity contribution >= 4 is 15.9 Å². The molecule has 2 N–H and O–H groups in total. The molecule has 21 heavy (non-hydrogen) atoms. The zero-order valence-electron chi connectivity index (χ0n) is 12.0. The summed E-state index contributed by atoms with van der Waals surface area (Å²) in [5, 5.41) is 13.2. The molecule has 0 aliphatic carbocycles. The van der Waals surface area contributed by atoms with Gasteiger partial charge in [0.05, 0.1) is 19.0 Å². The van der Waals surface area contributed by atoms with Crippen LogP contribution in [-0.2, 0) is 11.3 Å². The van der Waals surface area contributed by atoms with Crippen molar-refractivity contribution in [3.63, 3.8) is 0 Å². The van der Waals surface area contributed by atoms with Crippen LogP contribution in [0.5, 0.6) is 0 Å². The average molecular weight is 354 g/mol. The Kier molecular flexibility index (Phi) is 6.45. The molecule has 1 aromatic carbocycles. The molecule has 1 aromatic heterocycles. The van der Waals surface area contributed by atoms with Gasteiger partial charge < -0.3 is 19.6 Å². The fourth-order valence-electron chi connectivity index (χ4n) is 1.96. The molecule has 0 amide bonds. The van der Waals surface area contributed by atoms with Crippen molar-refractivity contribution in [2.24, 2.45) is 0 Å². The molecule has 0 saturated carbocycles. The molecule has 0 radical (unpaired) electrons. The van der Waals surface area contributed by atoms with Crippen LogP contribution in [0.25, 0.3) is 0 Å². The molecule has 4 nitrogen and oxygen atoms in total. The number of halogens is 1. The number of hydrogen-bond donors (Lipinski definition) is 2. The predicted molar refractivity (Wildman–Crippen MR) is 84.9 cm³/mol. The van der Waals surface area contributed by atoms with E-state index in [0.717, 1.165) is 10.2 Å². The van der Waals surface area contributed by atoms with Crippen molar-refractivity contribution in [1.82, 2.24) is 5.32 Å². The second-order valence-electron chi connectivity index (χ2n) is 4.93. The summed E-state index contributed by atoms with van der Waals surface area (Å²) in [5.74, 6) is 0.762. The van der Waals surface area contributed by atoms with E-state index in [9.17, 15) is 5.11 Å². The summed E-state index contributed by atoms with van der Waals surface area (Å²) in [6.45, 7) is 3.20. The standard InChI is InChI=1S/C16H20BrNO3/c1-12(13-4-2-5-14(17)8-13)18-9-15(19)10-20-11-16-6-3-7-21-16/h2-8,12,15,18-19H,9-11H2,1H3.